The lowest BCUT2D eigenvalue weighted by molar-refractivity contribution is 0.286. The maximum Gasteiger partial charge on any atom is 0.0503 e. The van der Waals surface area contributed by atoms with Crippen LogP contribution in [-0.4, -0.2) is 27.8 Å². The molecule has 16 heavy (non-hydrogen) atoms. The minimum Gasteiger partial charge on any atom is -0.313 e. The molecule has 0 aromatic rings. The lowest BCUT2D eigenvalue weighted by Gasteiger charge is -2.36. The van der Waals surface area contributed by atoms with E-state index in [2.05, 4.69) is 19.2 Å². The molecular weight excluding hydrogens is 218 g/mol. The molecule has 1 fully saturated rings. The van der Waals surface area contributed by atoms with Gasteiger partial charge in [0.05, 0.1) is 5.25 Å². The Morgan fingerprint density at radius 3 is 2.56 bits per heavy atom. The summed E-state index contributed by atoms with van der Waals surface area (Å²) in [6.07, 6.45) is 6.29. The molecule has 4 unspecified atom stereocenters. The van der Waals surface area contributed by atoms with Crippen LogP contribution in [0.5, 0.6) is 0 Å². The first-order chi connectivity index (χ1) is 7.72. The van der Waals surface area contributed by atoms with Crippen LogP contribution >= 0.6 is 0 Å². The second kappa shape index (κ2) is 7.44. The SMILES string of the molecule is CCCC1CCC(NCC)C(S(=O)CC)C1. The van der Waals surface area contributed by atoms with E-state index in [9.17, 15) is 4.21 Å². The van der Waals surface area contributed by atoms with Crippen LogP contribution < -0.4 is 5.32 Å². The Morgan fingerprint density at radius 1 is 1.25 bits per heavy atom. The first-order valence-corrected chi connectivity index (χ1v) is 8.21. The molecule has 4 atom stereocenters. The Hall–Kier alpha value is 0.110. The molecule has 1 aliphatic rings. The van der Waals surface area contributed by atoms with Gasteiger partial charge in [-0.3, -0.25) is 4.21 Å². The molecule has 0 aromatic carbocycles. The fraction of sp³-hybridized carbons (Fsp3) is 1.00. The molecule has 0 aliphatic heterocycles. The zero-order chi connectivity index (χ0) is 12.0. The normalized spacial score (nSPS) is 32.6. The van der Waals surface area contributed by atoms with E-state index in [0.717, 1.165) is 18.2 Å². The molecule has 0 bridgehead atoms. The molecule has 0 amide bonds. The van der Waals surface area contributed by atoms with Crippen LogP contribution in [-0.2, 0) is 10.8 Å². The third kappa shape index (κ3) is 3.85. The Balaban J connectivity index is 2.57. The summed E-state index contributed by atoms with van der Waals surface area (Å²) in [6, 6.07) is 0.499. The lowest BCUT2D eigenvalue weighted by atomic mass is 9.83. The Kier molecular flexibility index (Phi) is 6.59. The quantitative estimate of drug-likeness (QED) is 0.779. The van der Waals surface area contributed by atoms with E-state index in [0.29, 0.717) is 11.3 Å². The Bertz CT molecular complexity index is 220. The first-order valence-electron chi connectivity index (χ1n) is 6.83. The van der Waals surface area contributed by atoms with Gasteiger partial charge in [0.15, 0.2) is 0 Å². The van der Waals surface area contributed by atoms with Crippen molar-refractivity contribution >= 4 is 10.8 Å². The summed E-state index contributed by atoms with van der Waals surface area (Å²) in [5, 5.41) is 3.92. The fourth-order valence-electron chi connectivity index (χ4n) is 2.88. The van der Waals surface area contributed by atoms with E-state index in [1.165, 1.54) is 32.1 Å². The molecule has 0 heterocycles. The van der Waals surface area contributed by atoms with Gasteiger partial charge in [-0.25, -0.2) is 0 Å². The van der Waals surface area contributed by atoms with Gasteiger partial charge in [-0.05, 0) is 31.7 Å². The predicted molar refractivity (Wildman–Crippen MR) is 72.2 cm³/mol. The number of rotatable bonds is 6. The summed E-state index contributed by atoms with van der Waals surface area (Å²) >= 11 is 0. The van der Waals surface area contributed by atoms with Gasteiger partial charge in [-0.15, -0.1) is 0 Å². The van der Waals surface area contributed by atoms with Crippen molar-refractivity contribution < 1.29 is 4.21 Å². The molecule has 3 heteroatoms. The second-order valence-electron chi connectivity index (χ2n) is 4.84. The topological polar surface area (TPSA) is 29.1 Å². The molecule has 0 spiro atoms. The minimum atomic E-state index is -0.632. The smallest absolute Gasteiger partial charge is 0.0503 e. The third-order valence-corrected chi connectivity index (χ3v) is 5.45. The molecule has 1 aliphatic carbocycles. The molecule has 2 nitrogen and oxygen atoms in total. The second-order valence-corrected chi connectivity index (χ2v) is 6.78. The van der Waals surface area contributed by atoms with Crippen molar-refractivity contribution in [2.75, 3.05) is 12.3 Å². The van der Waals surface area contributed by atoms with Gasteiger partial charge in [0.1, 0.15) is 0 Å². The number of hydrogen-bond donors (Lipinski definition) is 1. The molecule has 0 saturated heterocycles. The van der Waals surface area contributed by atoms with Crippen LogP contribution in [0.15, 0.2) is 0 Å². The van der Waals surface area contributed by atoms with Crippen molar-refractivity contribution in [2.45, 2.75) is 64.2 Å². The summed E-state index contributed by atoms with van der Waals surface area (Å²) in [5.74, 6) is 1.63. The third-order valence-electron chi connectivity index (χ3n) is 3.69. The minimum absolute atomic E-state index is 0.398. The predicted octanol–water partition coefficient (Wildman–Crippen LogP) is 2.70. The average molecular weight is 245 g/mol. The van der Waals surface area contributed by atoms with E-state index in [1.54, 1.807) is 0 Å². The van der Waals surface area contributed by atoms with Gasteiger partial charge in [0.25, 0.3) is 0 Å². The van der Waals surface area contributed by atoms with E-state index in [1.807, 2.05) is 6.92 Å². The Labute approximate surface area is 103 Å². The summed E-state index contributed by atoms with van der Waals surface area (Å²) in [5.41, 5.74) is 0. The lowest BCUT2D eigenvalue weighted by Crippen LogP contribution is -2.46. The monoisotopic (exact) mass is 245 g/mol. The highest BCUT2D eigenvalue weighted by atomic mass is 32.2. The van der Waals surface area contributed by atoms with E-state index < -0.39 is 10.8 Å². The first kappa shape index (κ1) is 14.2. The molecular formula is C13H27NOS. The standard InChI is InChI=1S/C13H27NOS/c1-4-7-11-8-9-12(14-5-2)13(10-11)16(15)6-3/h11-14H,4-10H2,1-3H3. The highest BCUT2D eigenvalue weighted by Crippen LogP contribution is 2.31. The number of nitrogens with one attached hydrogen (secondary N) is 1. The van der Waals surface area contributed by atoms with Crippen molar-refractivity contribution in [3.63, 3.8) is 0 Å². The van der Waals surface area contributed by atoms with Gasteiger partial charge in [-0.1, -0.05) is 33.6 Å². The molecule has 1 saturated carbocycles. The molecule has 0 aromatic heterocycles. The summed E-state index contributed by atoms with van der Waals surface area (Å²) in [7, 11) is -0.632. The van der Waals surface area contributed by atoms with Gasteiger partial charge >= 0.3 is 0 Å². The zero-order valence-corrected chi connectivity index (χ0v) is 11.8. The van der Waals surface area contributed by atoms with E-state index in [4.69, 9.17) is 0 Å². The largest absolute Gasteiger partial charge is 0.313 e. The highest BCUT2D eigenvalue weighted by molar-refractivity contribution is 7.85. The molecule has 0 radical (unpaired) electrons. The molecule has 1 rings (SSSR count). The fourth-order valence-corrected chi connectivity index (χ4v) is 4.40. The van der Waals surface area contributed by atoms with Crippen molar-refractivity contribution in [1.82, 2.24) is 5.32 Å². The van der Waals surface area contributed by atoms with Gasteiger partial charge in [0, 0.05) is 22.6 Å². The van der Waals surface area contributed by atoms with Crippen molar-refractivity contribution in [2.24, 2.45) is 5.92 Å². The van der Waals surface area contributed by atoms with Crippen LogP contribution in [0.1, 0.15) is 52.9 Å². The van der Waals surface area contributed by atoms with Crippen molar-refractivity contribution in [1.29, 1.82) is 0 Å². The van der Waals surface area contributed by atoms with Crippen LogP contribution in [0.3, 0.4) is 0 Å². The van der Waals surface area contributed by atoms with Crippen LogP contribution in [0, 0.1) is 5.92 Å². The zero-order valence-electron chi connectivity index (χ0n) is 11.0. The number of hydrogen-bond acceptors (Lipinski definition) is 2. The van der Waals surface area contributed by atoms with E-state index in [-0.39, 0.29) is 0 Å². The maximum atomic E-state index is 12.1. The average Bonchev–Trinajstić information content (AvgIpc) is 2.31. The van der Waals surface area contributed by atoms with Crippen molar-refractivity contribution in [3.05, 3.63) is 0 Å². The van der Waals surface area contributed by atoms with Gasteiger partial charge in [-0.2, -0.15) is 0 Å². The van der Waals surface area contributed by atoms with Crippen LogP contribution in [0.25, 0.3) is 0 Å². The van der Waals surface area contributed by atoms with E-state index >= 15 is 0 Å². The summed E-state index contributed by atoms with van der Waals surface area (Å²) < 4.78 is 12.1. The van der Waals surface area contributed by atoms with Crippen LogP contribution in [0.4, 0.5) is 0 Å². The maximum absolute atomic E-state index is 12.1. The summed E-state index contributed by atoms with van der Waals surface area (Å²) in [6.45, 7) is 7.44. The molecule has 1 N–H and O–H groups in total. The highest BCUT2D eigenvalue weighted by Gasteiger charge is 2.32. The van der Waals surface area contributed by atoms with Crippen molar-refractivity contribution in [3.8, 4) is 0 Å². The Morgan fingerprint density at radius 2 is 2.00 bits per heavy atom. The van der Waals surface area contributed by atoms with Gasteiger partial charge in [0.2, 0.25) is 0 Å². The van der Waals surface area contributed by atoms with Gasteiger partial charge < -0.3 is 5.32 Å². The van der Waals surface area contributed by atoms with Crippen LogP contribution in [0.2, 0.25) is 0 Å². The molecule has 96 valence electrons. The summed E-state index contributed by atoms with van der Waals surface area (Å²) in [4.78, 5) is 0.